The zero-order valence-corrected chi connectivity index (χ0v) is 16.8. The number of ether oxygens (including phenoxy) is 1. The van der Waals surface area contributed by atoms with Crippen LogP contribution in [0.4, 0.5) is 11.4 Å². The van der Waals surface area contributed by atoms with Crippen molar-refractivity contribution >= 4 is 35.0 Å². The second-order valence-corrected chi connectivity index (χ2v) is 7.02. The first-order valence-electron chi connectivity index (χ1n) is 8.76. The number of aromatic nitrogens is 2. The lowest BCUT2D eigenvalue weighted by molar-refractivity contribution is -0.113. The lowest BCUT2D eigenvalue weighted by atomic mass is 10.2. The van der Waals surface area contributed by atoms with Crippen molar-refractivity contribution in [2.75, 3.05) is 23.5 Å². The minimum absolute atomic E-state index is 0.148. The maximum atomic E-state index is 12.3. The summed E-state index contributed by atoms with van der Waals surface area (Å²) in [6, 6.07) is 13.8. The molecule has 0 saturated heterocycles. The lowest BCUT2D eigenvalue weighted by Gasteiger charge is -2.08. The van der Waals surface area contributed by atoms with Crippen LogP contribution in [-0.4, -0.2) is 34.8 Å². The van der Waals surface area contributed by atoms with Crippen LogP contribution in [-0.2, 0) is 10.5 Å². The van der Waals surface area contributed by atoms with Gasteiger partial charge in [-0.05, 0) is 48.5 Å². The van der Waals surface area contributed by atoms with E-state index in [0.29, 0.717) is 40.2 Å². The Labute approximate surface area is 172 Å². The Morgan fingerprint density at radius 3 is 2.31 bits per heavy atom. The van der Waals surface area contributed by atoms with Gasteiger partial charge in [0.1, 0.15) is 5.75 Å². The summed E-state index contributed by atoms with van der Waals surface area (Å²) >= 11 is 1.39. The van der Waals surface area contributed by atoms with Crippen LogP contribution in [0.1, 0.15) is 22.1 Å². The van der Waals surface area contributed by atoms with Gasteiger partial charge in [-0.25, -0.2) is 0 Å². The molecule has 0 spiro atoms. The Kier molecular flexibility index (Phi) is 6.85. The standard InChI is InChI=1S/C20H20N4O4S/c1-13-21-18(24-28-13)11-29-12-19(25)22-15-5-3-14(4-6-15)20(26)23-16-7-9-17(27-2)10-8-16/h3-10H,11-12H2,1-2H3,(H,22,25)(H,23,26). The molecule has 1 aromatic heterocycles. The summed E-state index contributed by atoms with van der Waals surface area (Å²) in [4.78, 5) is 28.4. The van der Waals surface area contributed by atoms with Crippen molar-refractivity contribution in [3.8, 4) is 5.75 Å². The number of carbonyl (C=O) groups excluding carboxylic acids is 2. The normalized spacial score (nSPS) is 10.4. The number of nitrogens with one attached hydrogen (secondary N) is 2. The van der Waals surface area contributed by atoms with Gasteiger partial charge in [-0.2, -0.15) is 4.98 Å². The van der Waals surface area contributed by atoms with E-state index in [1.807, 2.05) is 0 Å². The first kappa shape index (κ1) is 20.4. The highest BCUT2D eigenvalue weighted by atomic mass is 32.2. The third-order valence-corrected chi connectivity index (χ3v) is 4.74. The number of rotatable bonds is 8. The van der Waals surface area contributed by atoms with Crippen molar-refractivity contribution in [2.45, 2.75) is 12.7 Å². The monoisotopic (exact) mass is 412 g/mol. The van der Waals surface area contributed by atoms with Gasteiger partial charge in [-0.3, -0.25) is 9.59 Å². The van der Waals surface area contributed by atoms with Crippen LogP contribution in [0.2, 0.25) is 0 Å². The van der Waals surface area contributed by atoms with E-state index in [9.17, 15) is 9.59 Å². The summed E-state index contributed by atoms with van der Waals surface area (Å²) in [5.41, 5.74) is 1.77. The maximum absolute atomic E-state index is 12.3. The van der Waals surface area contributed by atoms with Gasteiger partial charge in [0.15, 0.2) is 5.82 Å². The predicted molar refractivity (Wildman–Crippen MR) is 111 cm³/mol. The molecule has 0 aliphatic rings. The molecule has 2 N–H and O–H groups in total. The van der Waals surface area contributed by atoms with Gasteiger partial charge in [0.2, 0.25) is 11.8 Å². The van der Waals surface area contributed by atoms with Crippen molar-refractivity contribution in [1.82, 2.24) is 10.1 Å². The summed E-state index contributed by atoms with van der Waals surface area (Å²) in [7, 11) is 1.58. The van der Waals surface area contributed by atoms with Crippen LogP contribution in [0, 0.1) is 6.92 Å². The lowest BCUT2D eigenvalue weighted by Crippen LogP contribution is -2.15. The smallest absolute Gasteiger partial charge is 0.255 e. The number of carbonyl (C=O) groups is 2. The van der Waals surface area contributed by atoms with Crippen LogP contribution >= 0.6 is 11.8 Å². The summed E-state index contributed by atoms with van der Waals surface area (Å²) < 4.78 is 9.98. The molecule has 9 heteroatoms. The van der Waals surface area contributed by atoms with Crippen molar-refractivity contribution in [2.24, 2.45) is 0 Å². The van der Waals surface area contributed by atoms with Crippen LogP contribution in [0.5, 0.6) is 5.75 Å². The van der Waals surface area contributed by atoms with E-state index in [2.05, 4.69) is 20.8 Å². The van der Waals surface area contributed by atoms with Gasteiger partial charge in [0, 0.05) is 23.9 Å². The molecule has 0 aliphatic carbocycles. The molecule has 0 fully saturated rings. The molecule has 3 rings (SSSR count). The number of anilines is 2. The van der Waals surface area contributed by atoms with E-state index in [0.717, 1.165) is 0 Å². The van der Waals surface area contributed by atoms with E-state index in [-0.39, 0.29) is 17.6 Å². The van der Waals surface area contributed by atoms with Gasteiger partial charge < -0.3 is 19.9 Å². The molecule has 2 aromatic carbocycles. The highest BCUT2D eigenvalue weighted by Gasteiger charge is 2.09. The SMILES string of the molecule is COc1ccc(NC(=O)c2ccc(NC(=O)CSCc3noc(C)n3)cc2)cc1. The number of hydrogen-bond donors (Lipinski definition) is 2. The fourth-order valence-corrected chi connectivity index (χ4v) is 3.07. The minimum Gasteiger partial charge on any atom is -0.497 e. The zero-order valence-electron chi connectivity index (χ0n) is 16.0. The number of aryl methyl sites for hydroxylation is 1. The first-order chi connectivity index (χ1) is 14.0. The molecule has 1 heterocycles. The molecular weight excluding hydrogens is 392 g/mol. The van der Waals surface area contributed by atoms with Crippen molar-refractivity contribution in [3.05, 3.63) is 65.8 Å². The maximum Gasteiger partial charge on any atom is 0.255 e. The highest BCUT2D eigenvalue weighted by molar-refractivity contribution is 7.99. The molecular formula is C20H20N4O4S. The molecule has 0 bridgehead atoms. The van der Waals surface area contributed by atoms with E-state index in [1.54, 1.807) is 62.6 Å². The Morgan fingerprint density at radius 2 is 1.69 bits per heavy atom. The third kappa shape index (κ3) is 6.08. The minimum atomic E-state index is -0.237. The largest absolute Gasteiger partial charge is 0.497 e. The van der Waals surface area contributed by atoms with Gasteiger partial charge in [0.25, 0.3) is 5.91 Å². The second kappa shape index (κ2) is 9.74. The van der Waals surface area contributed by atoms with E-state index >= 15 is 0 Å². The number of amides is 2. The average molecular weight is 412 g/mol. The van der Waals surface area contributed by atoms with Crippen molar-refractivity contribution in [1.29, 1.82) is 0 Å². The fourth-order valence-electron chi connectivity index (χ4n) is 2.41. The van der Waals surface area contributed by atoms with Crippen LogP contribution < -0.4 is 15.4 Å². The average Bonchev–Trinajstić information content (AvgIpc) is 3.14. The molecule has 0 unspecified atom stereocenters. The molecule has 0 atom stereocenters. The number of thioether (sulfide) groups is 1. The fraction of sp³-hybridized carbons (Fsp3) is 0.200. The number of hydrogen-bond acceptors (Lipinski definition) is 7. The Hall–Kier alpha value is -3.33. The first-order valence-corrected chi connectivity index (χ1v) is 9.91. The van der Waals surface area contributed by atoms with Gasteiger partial charge in [0.05, 0.1) is 18.6 Å². The summed E-state index contributed by atoms with van der Waals surface area (Å²) in [6.45, 7) is 1.72. The van der Waals surface area contributed by atoms with E-state index in [4.69, 9.17) is 9.26 Å². The van der Waals surface area contributed by atoms with Crippen molar-refractivity contribution in [3.63, 3.8) is 0 Å². The number of nitrogens with zero attached hydrogens (tertiary/aromatic N) is 2. The molecule has 3 aromatic rings. The molecule has 8 nitrogen and oxygen atoms in total. The second-order valence-electron chi connectivity index (χ2n) is 6.03. The van der Waals surface area contributed by atoms with Gasteiger partial charge in [-0.1, -0.05) is 5.16 Å². The summed E-state index contributed by atoms with van der Waals surface area (Å²) in [6.07, 6.45) is 0. The van der Waals surface area contributed by atoms with Crippen LogP contribution in [0.15, 0.2) is 53.1 Å². The molecule has 0 saturated carbocycles. The van der Waals surface area contributed by atoms with Crippen LogP contribution in [0.3, 0.4) is 0 Å². The van der Waals surface area contributed by atoms with E-state index < -0.39 is 0 Å². The van der Waals surface area contributed by atoms with E-state index in [1.165, 1.54) is 11.8 Å². The van der Waals surface area contributed by atoms with Gasteiger partial charge >= 0.3 is 0 Å². The molecule has 150 valence electrons. The summed E-state index contributed by atoms with van der Waals surface area (Å²) in [5, 5.41) is 9.38. The predicted octanol–water partition coefficient (Wildman–Crippen LogP) is 3.51. The molecule has 29 heavy (non-hydrogen) atoms. The highest BCUT2D eigenvalue weighted by Crippen LogP contribution is 2.17. The molecule has 0 aliphatic heterocycles. The third-order valence-electron chi connectivity index (χ3n) is 3.81. The topological polar surface area (TPSA) is 106 Å². The quantitative estimate of drug-likeness (QED) is 0.583. The Morgan fingerprint density at radius 1 is 1.03 bits per heavy atom. The number of benzene rings is 2. The molecule has 2 amide bonds. The van der Waals surface area contributed by atoms with Gasteiger partial charge in [-0.15, -0.1) is 11.8 Å². The molecule has 0 radical (unpaired) electrons. The zero-order chi connectivity index (χ0) is 20.6. The summed E-state index contributed by atoms with van der Waals surface area (Å²) in [5.74, 6) is 2.15. The van der Waals surface area contributed by atoms with Crippen LogP contribution in [0.25, 0.3) is 0 Å². The van der Waals surface area contributed by atoms with Crippen molar-refractivity contribution < 1.29 is 18.8 Å². The Bertz CT molecular complexity index is 971. The Balaban J connectivity index is 1.47. The number of methoxy groups -OCH3 is 1.